The number of pyridine rings is 1. The summed E-state index contributed by atoms with van der Waals surface area (Å²) in [4.78, 5) is 4.26. The average Bonchev–Trinajstić information content (AvgIpc) is 2.72. The highest BCUT2D eigenvalue weighted by Crippen LogP contribution is 2.11. The molecule has 2 aromatic heterocycles. The van der Waals surface area contributed by atoms with Crippen LogP contribution in [0, 0.1) is 0 Å². The smallest absolute Gasteiger partial charge is 0.0448 e. The zero-order valence-corrected chi connectivity index (χ0v) is 8.63. The summed E-state index contributed by atoms with van der Waals surface area (Å²) in [5.74, 6) is 0. The van der Waals surface area contributed by atoms with E-state index in [0.29, 0.717) is 0 Å². The highest BCUT2D eigenvalue weighted by Gasteiger charge is 1.93. The molecule has 1 N–H and O–H groups in total. The molecule has 0 spiro atoms. The van der Waals surface area contributed by atoms with Crippen LogP contribution in [0.2, 0.25) is 0 Å². The molecule has 0 fully saturated rings. The average molecular weight is 204 g/mol. The Morgan fingerprint density at radius 2 is 2.29 bits per heavy atom. The Balaban J connectivity index is 1.79. The Kier molecular flexibility index (Phi) is 3.14. The van der Waals surface area contributed by atoms with Crippen molar-refractivity contribution in [1.82, 2.24) is 4.98 Å². The van der Waals surface area contributed by atoms with Crippen molar-refractivity contribution in [2.24, 2.45) is 0 Å². The highest BCUT2D eigenvalue weighted by atomic mass is 32.1. The van der Waals surface area contributed by atoms with Crippen LogP contribution >= 0.6 is 11.3 Å². The third-order valence-corrected chi connectivity index (χ3v) is 2.64. The van der Waals surface area contributed by atoms with Crippen molar-refractivity contribution in [3.05, 3.63) is 46.9 Å². The van der Waals surface area contributed by atoms with Crippen LogP contribution in [-0.2, 0) is 6.42 Å². The van der Waals surface area contributed by atoms with Crippen molar-refractivity contribution in [3.8, 4) is 0 Å². The number of thiophene rings is 1. The summed E-state index contributed by atoms with van der Waals surface area (Å²) in [5.41, 5.74) is 2.33. The lowest BCUT2D eigenvalue weighted by molar-refractivity contribution is 0.962. The van der Waals surface area contributed by atoms with Gasteiger partial charge in [-0.1, -0.05) is 6.07 Å². The number of aromatic nitrogens is 1. The van der Waals surface area contributed by atoms with Gasteiger partial charge in [0, 0.05) is 35.9 Å². The number of nitrogens with one attached hydrogen (secondary N) is 1. The van der Waals surface area contributed by atoms with Gasteiger partial charge in [0.05, 0.1) is 0 Å². The van der Waals surface area contributed by atoms with Gasteiger partial charge in [0.25, 0.3) is 0 Å². The molecule has 2 rings (SSSR count). The molecule has 0 bridgehead atoms. The van der Waals surface area contributed by atoms with Crippen molar-refractivity contribution in [2.45, 2.75) is 6.42 Å². The van der Waals surface area contributed by atoms with Crippen molar-refractivity contribution < 1.29 is 0 Å². The SMILES string of the molecule is c1ccc(CCNc2ccsc2)nc1. The van der Waals surface area contributed by atoms with Gasteiger partial charge in [-0.05, 0) is 23.6 Å². The summed E-state index contributed by atoms with van der Waals surface area (Å²) >= 11 is 1.71. The molecule has 2 aromatic rings. The minimum Gasteiger partial charge on any atom is -0.384 e. The maximum atomic E-state index is 4.26. The number of nitrogens with zero attached hydrogens (tertiary/aromatic N) is 1. The third kappa shape index (κ3) is 2.57. The normalized spacial score (nSPS) is 10.0. The summed E-state index contributed by atoms with van der Waals surface area (Å²) in [5, 5.41) is 7.53. The van der Waals surface area contributed by atoms with Crippen molar-refractivity contribution in [3.63, 3.8) is 0 Å². The molecule has 0 atom stereocenters. The van der Waals surface area contributed by atoms with E-state index in [-0.39, 0.29) is 0 Å². The van der Waals surface area contributed by atoms with Gasteiger partial charge in [-0.15, -0.1) is 0 Å². The second-order valence-corrected chi connectivity index (χ2v) is 3.79. The molecule has 0 aliphatic rings. The molecule has 14 heavy (non-hydrogen) atoms. The Morgan fingerprint density at radius 3 is 3.00 bits per heavy atom. The summed E-state index contributed by atoms with van der Waals surface area (Å²) in [6.45, 7) is 0.938. The van der Waals surface area contributed by atoms with Gasteiger partial charge in [0.2, 0.25) is 0 Å². The third-order valence-electron chi connectivity index (χ3n) is 1.96. The van der Waals surface area contributed by atoms with Gasteiger partial charge in [0.15, 0.2) is 0 Å². The predicted octanol–water partition coefficient (Wildman–Crippen LogP) is 2.80. The first kappa shape index (κ1) is 9.21. The van der Waals surface area contributed by atoms with Gasteiger partial charge in [-0.25, -0.2) is 0 Å². The van der Waals surface area contributed by atoms with E-state index in [1.807, 2.05) is 18.3 Å². The summed E-state index contributed by atoms with van der Waals surface area (Å²) < 4.78 is 0. The minimum absolute atomic E-state index is 0.938. The first-order chi connectivity index (χ1) is 6.95. The molecule has 2 heterocycles. The molecule has 0 radical (unpaired) electrons. The Labute approximate surface area is 87.6 Å². The van der Waals surface area contributed by atoms with Crippen LogP contribution < -0.4 is 5.32 Å². The predicted molar refractivity (Wildman–Crippen MR) is 60.7 cm³/mol. The molecule has 0 unspecified atom stereocenters. The van der Waals surface area contributed by atoms with E-state index in [9.17, 15) is 0 Å². The maximum absolute atomic E-state index is 4.26. The largest absolute Gasteiger partial charge is 0.384 e. The van der Waals surface area contributed by atoms with E-state index in [1.54, 1.807) is 11.3 Å². The molecule has 0 aromatic carbocycles. The van der Waals surface area contributed by atoms with E-state index >= 15 is 0 Å². The first-order valence-corrected chi connectivity index (χ1v) is 5.55. The molecule has 0 aliphatic carbocycles. The molecule has 0 aliphatic heterocycles. The van der Waals surface area contributed by atoms with Gasteiger partial charge in [-0.2, -0.15) is 11.3 Å². The highest BCUT2D eigenvalue weighted by molar-refractivity contribution is 7.08. The fourth-order valence-electron chi connectivity index (χ4n) is 1.25. The lowest BCUT2D eigenvalue weighted by atomic mass is 10.3. The molecule has 2 nitrogen and oxygen atoms in total. The molecular weight excluding hydrogens is 192 g/mol. The van der Waals surface area contributed by atoms with Crippen LogP contribution in [0.15, 0.2) is 41.2 Å². The molecule has 0 saturated carbocycles. The quantitative estimate of drug-likeness (QED) is 0.828. The first-order valence-electron chi connectivity index (χ1n) is 4.61. The zero-order valence-electron chi connectivity index (χ0n) is 7.81. The summed E-state index contributed by atoms with van der Waals surface area (Å²) in [6.07, 6.45) is 2.80. The molecule has 0 saturated heterocycles. The standard InChI is InChI=1S/C11H12N2S/c1-2-6-12-10(3-1)4-7-13-11-5-8-14-9-11/h1-3,5-6,8-9,13H,4,7H2. The van der Waals surface area contributed by atoms with Crippen LogP contribution in [0.25, 0.3) is 0 Å². The molecule has 3 heteroatoms. The van der Waals surface area contributed by atoms with Crippen LogP contribution in [-0.4, -0.2) is 11.5 Å². The summed E-state index contributed by atoms with van der Waals surface area (Å²) in [7, 11) is 0. The fourth-order valence-corrected chi connectivity index (χ4v) is 1.86. The van der Waals surface area contributed by atoms with E-state index in [2.05, 4.69) is 33.2 Å². The Morgan fingerprint density at radius 1 is 1.29 bits per heavy atom. The Bertz CT molecular complexity index is 356. The second-order valence-electron chi connectivity index (χ2n) is 3.01. The lowest BCUT2D eigenvalue weighted by Crippen LogP contribution is -2.04. The Hall–Kier alpha value is -1.35. The van der Waals surface area contributed by atoms with Crippen molar-refractivity contribution in [1.29, 1.82) is 0 Å². The monoisotopic (exact) mass is 204 g/mol. The van der Waals surface area contributed by atoms with E-state index < -0.39 is 0 Å². The second kappa shape index (κ2) is 4.77. The van der Waals surface area contributed by atoms with Gasteiger partial charge in [0.1, 0.15) is 0 Å². The van der Waals surface area contributed by atoms with Crippen molar-refractivity contribution in [2.75, 3.05) is 11.9 Å². The number of hydrogen-bond acceptors (Lipinski definition) is 3. The van der Waals surface area contributed by atoms with E-state index in [1.165, 1.54) is 5.69 Å². The molecule has 72 valence electrons. The van der Waals surface area contributed by atoms with Crippen LogP contribution in [0.5, 0.6) is 0 Å². The van der Waals surface area contributed by atoms with E-state index in [4.69, 9.17) is 0 Å². The zero-order chi connectivity index (χ0) is 9.64. The molecular formula is C11H12N2S. The number of hydrogen-bond donors (Lipinski definition) is 1. The van der Waals surface area contributed by atoms with Gasteiger partial charge in [-0.3, -0.25) is 4.98 Å². The van der Waals surface area contributed by atoms with Gasteiger partial charge < -0.3 is 5.32 Å². The lowest BCUT2D eigenvalue weighted by Gasteiger charge is -2.02. The summed E-state index contributed by atoms with van der Waals surface area (Å²) in [6, 6.07) is 8.10. The number of anilines is 1. The van der Waals surface area contributed by atoms with Crippen LogP contribution in [0.1, 0.15) is 5.69 Å². The molecule has 0 amide bonds. The van der Waals surface area contributed by atoms with Crippen LogP contribution in [0.4, 0.5) is 5.69 Å². The van der Waals surface area contributed by atoms with Gasteiger partial charge >= 0.3 is 0 Å². The van der Waals surface area contributed by atoms with E-state index in [0.717, 1.165) is 18.7 Å². The van der Waals surface area contributed by atoms with Crippen LogP contribution in [0.3, 0.4) is 0 Å². The number of rotatable bonds is 4. The topological polar surface area (TPSA) is 24.9 Å². The minimum atomic E-state index is 0.938. The maximum Gasteiger partial charge on any atom is 0.0448 e. The fraction of sp³-hybridized carbons (Fsp3) is 0.182. The van der Waals surface area contributed by atoms with Crippen molar-refractivity contribution >= 4 is 17.0 Å².